The Morgan fingerprint density at radius 3 is 2.19 bits per heavy atom. The largest absolute Gasteiger partial charge is 0.352 e. The molecule has 0 aliphatic heterocycles. The van der Waals surface area contributed by atoms with Crippen LogP contribution in [0.3, 0.4) is 0 Å². The summed E-state index contributed by atoms with van der Waals surface area (Å²) in [5.41, 5.74) is 0.618. The minimum Gasteiger partial charge on any atom is -0.352 e. The van der Waals surface area contributed by atoms with Crippen molar-refractivity contribution in [3.63, 3.8) is 0 Å². The first kappa shape index (κ1) is 30.2. The summed E-state index contributed by atoms with van der Waals surface area (Å²) in [5, 5.41) is 3.19. The topological polar surface area (TPSA) is 86.8 Å². The zero-order chi connectivity index (χ0) is 27.2. The molecule has 0 aromatic heterocycles. The van der Waals surface area contributed by atoms with Crippen LogP contribution in [-0.4, -0.2) is 50.0 Å². The zero-order valence-electron chi connectivity index (χ0n) is 20.4. The van der Waals surface area contributed by atoms with E-state index in [0.29, 0.717) is 17.0 Å². The van der Waals surface area contributed by atoms with Gasteiger partial charge in [0.2, 0.25) is 21.8 Å². The number of amides is 2. The molecular weight excluding hydrogens is 552 g/mol. The van der Waals surface area contributed by atoms with Crippen molar-refractivity contribution in [2.75, 3.05) is 17.1 Å². The highest BCUT2D eigenvalue weighted by Crippen LogP contribution is 2.26. The van der Waals surface area contributed by atoms with Gasteiger partial charge in [0.25, 0.3) is 0 Å². The number of carbonyl (C=O) groups is 2. The van der Waals surface area contributed by atoms with Crippen LogP contribution in [0.2, 0.25) is 15.1 Å². The number of rotatable bonds is 11. The quantitative estimate of drug-likeness (QED) is 0.392. The van der Waals surface area contributed by atoms with Gasteiger partial charge < -0.3 is 10.2 Å². The number of benzene rings is 2. The van der Waals surface area contributed by atoms with E-state index in [4.69, 9.17) is 34.8 Å². The van der Waals surface area contributed by atoms with E-state index >= 15 is 0 Å². The fourth-order valence-corrected chi connectivity index (χ4v) is 4.79. The number of halogens is 4. The molecule has 198 valence electrons. The lowest BCUT2D eigenvalue weighted by atomic mass is 10.1. The lowest BCUT2D eigenvalue weighted by molar-refractivity contribution is -0.140. The number of carbonyl (C=O) groups excluding carboxylic acids is 2. The molecule has 0 saturated heterocycles. The molecule has 0 aliphatic carbocycles. The van der Waals surface area contributed by atoms with E-state index in [2.05, 4.69) is 5.32 Å². The van der Waals surface area contributed by atoms with Crippen LogP contribution in [-0.2, 0) is 26.2 Å². The Labute approximate surface area is 226 Å². The van der Waals surface area contributed by atoms with Crippen LogP contribution in [0.15, 0.2) is 36.4 Å². The molecule has 0 spiro atoms. The summed E-state index contributed by atoms with van der Waals surface area (Å²) in [7, 11) is -3.97. The van der Waals surface area contributed by atoms with Crippen LogP contribution in [0.25, 0.3) is 0 Å². The van der Waals surface area contributed by atoms with E-state index in [0.717, 1.165) is 22.7 Å². The van der Waals surface area contributed by atoms with Crippen molar-refractivity contribution < 1.29 is 22.4 Å². The van der Waals surface area contributed by atoms with Gasteiger partial charge in [0.05, 0.1) is 27.0 Å². The summed E-state index contributed by atoms with van der Waals surface area (Å²) in [6.45, 7) is 4.87. The van der Waals surface area contributed by atoms with Gasteiger partial charge in [0, 0.05) is 12.6 Å². The predicted molar refractivity (Wildman–Crippen MR) is 143 cm³/mol. The van der Waals surface area contributed by atoms with E-state index in [1.165, 1.54) is 11.0 Å². The third-order valence-electron chi connectivity index (χ3n) is 5.59. The molecule has 7 nitrogen and oxygen atoms in total. The van der Waals surface area contributed by atoms with Crippen LogP contribution in [0, 0.1) is 5.82 Å². The Morgan fingerprint density at radius 2 is 1.67 bits per heavy atom. The van der Waals surface area contributed by atoms with Crippen LogP contribution in [0.1, 0.15) is 39.2 Å². The number of hydrogen-bond acceptors (Lipinski definition) is 4. The third-order valence-corrected chi connectivity index (χ3v) is 7.76. The molecule has 2 atom stereocenters. The van der Waals surface area contributed by atoms with Gasteiger partial charge in [-0.05, 0) is 55.7 Å². The van der Waals surface area contributed by atoms with Crippen molar-refractivity contribution in [3.8, 4) is 0 Å². The van der Waals surface area contributed by atoms with Crippen molar-refractivity contribution in [1.82, 2.24) is 10.2 Å². The normalized spacial score (nSPS) is 13.1. The highest BCUT2D eigenvalue weighted by Gasteiger charge is 2.32. The summed E-state index contributed by atoms with van der Waals surface area (Å²) in [5.74, 6) is -1.73. The second-order valence-corrected chi connectivity index (χ2v) is 11.5. The average molecular weight is 581 g/mol. The Hall–Kier alpha value is -2.07. The van der Waals surface area contributed by atoms with Gasteiger partial charge in [-0.25, -0.2) is 12.8 Å². The smallest absolute Gasteiger partial charge is 0.244 e. The number of nitrogens with one attached hydrogen (secondary N) is 1. The van der Waals surface area contributed by atoms with Gasteiger partial charge in [-0.15, -0.1) is 0 Å². The third kappa shape index (κ3) is 7.96. The number of hydrogen-bond donors (Lipinski definition) is 1. The molecule has 0 unspecified atom stereocenters. The first-order valence-electron chi connectivity index (χ1n) is 11.2. The molecule has 0 bridgehead atoms. The molecule has 0 aliphatic rings. The molecule has 2 aromatic carbocycles. The molecule has 2 aromatic rings. The average Bonchev–Trinajstić information content (AvgIpc) is 2.80. The SMILES string of the molecule is CC[C@@H](C)NC(=O)[C@H](CC)N(Cc1ccc(Cl)c(Cl)c1)C(=O)CN(c1ccc(F)c(Cl)c1)S(C)(=O)=O. The molecule has 36 heavy (non-hydrogen) atoms. The molecule has 0 heterocycles. The van der Waals surface area contributed by atoms with Crippen LogP contribution in [0.4, 0.5) is 10.1 Å². The molecule has 2 amide bonds. The van der Waals surface area contributed by atoms with Crippen molar-refractivity contribution >= 4 is 62.3 Å². The first-order chi connectivity index (χ1) is 16.8. The maximum absolute atomic E-state index is 13.7. The Morgan fingerprint density at radius 1 is 1.00 bits per heavy atom. The maximum Gasteiger partial charge on any atom is 0.244 e. The van der Waals surface area contributed by atoms with Gasteiger partial charge in [-0.2, -0.15) is 0 Å². The molecule has 12 heteroatoms. The van der Waals surface area contributed by atoms with Gasteiger partial charge >= 0.3 is 0 Å². The minimum atomic E-state index is -3.97. The van der Waals surface area contributed by atoms with Crippen LogP contribution >= 0.6 is 34.8 Å². The summed E-state index contributed by atoms with van der Waals surface area (Å²) >= 11 is 18.0. The monoisotopic (exact) mass is 579 g/mol. The Kier molecular flexibility index (Phi) is 10.8. The fraction of sp³-hybridized carbons (Fsp3) is 0.417. The maximum atomic E-state index is 13.7. The van der Waals surface area contributed by atoms with E-state index in [-0.39, 0.29) is 40.6 Å². The van der Waals surface area contributed by atoms with Gasteiger partial charge in [0.1, 0.15) is 18.4 Å². The summed E-state index contributed by atoms with van der Waals surface area (Å²) in [6.07, 6.45) is 1.89. The number of anilines is 1. The second kappa shape index (κ2) is 12.9. The van der Waals surface area contributed by atoms with Gasteiger partial charge in [-0.1, -0.05) is 54.7 Å². The van der Waals surface area contributed by atoms with Crippen LogP contribution in [0.5, 0.6) is 0 Å². The highest BCUT2D eigenvalue weighted by atomic mass is 35.5. The van der Waals surface area contributed by atoms with E-state index in [1.54, 1.807) is 25.1 Å². The molecular formula is C24H29Cl3FN3O4S. The van der Waals surface area contributed by atoms with E-state index in [9.17, 15) is 22.4 Å². The van der Waals surface area contributed by atoms with Crippen molar-refractivity contribution in [1.29, 1.82) is 0 Å². The standard InChI is InChI=1S/C24H29Cl3FN3O4S/c1-5-15(3)29-24(33)22(6-2)30(13-16-7-9-18(25)19(26)11-16)23(32)14-31(36(4,34)35)17-8-10-21(28)20(27)12-17/h7-12,15,22H,5-6,13-14H2,1-4H3,(H,29,33)/t15-,22+/m1/s1. The first-order valence-corrected chi connectivity index (χ1v) is 14.2. The van der Waals surface area contributed by atoms with E-state index in [1.807, 2.05) is 13.8 Å². The molecule has 0 fully saturated rings. The second-order valence-electron chi connectivity index (χ2n) is 8.38. The van der Waals surface area contributed by atoms with Crippen LogP contribution < -0.4 is 9.62 Å². The Bertz CT molecular complexity index is 1210. The predicted octanol–water partition coefficient (Wildman–Crippen LogP) is 5.27. The van der Waals surface area contributed by atoms with E-state index < -0.39 is 34.3 Å². The minimum absolute atomic E-state index is 0.0174. The number of sulfonamides is 1. The summed E-state index contributed by atoms with van der Waals surface area (Å²) < 4.78 is 39.7. The summed E-state index contributed by atoms with van der Waals surface area (Å²) in [4.78, 5) is 28.0. The lowest BCUT2D eigenvalue weighted by Crippen LogP contribution is -2.53. The number of nitrogens with zero attached hydrogens (tertiary/aromatic N) is 2. The fourth-order valence-electron chi connectivity index (χ4n) is 3.45. The van der Waals surface area contributed by atoms with Gasteiger partial charge in [-0.3, -0.25) is 13.9 Å². The van der Waals surface area contributed by atoms with Crippen molar-refractivity contribution in [2.45, 2.75) is 52.2 Å². The zero-order valence-corrected chi connectivity index (χ0v) is 23.5. The van der Waals surface area contributed by atoms with Gasteiger partial charge in [0.15, 0.2) is 0 Å². The molecule has 0 saturated carbocycles. The lowest BCUT2D eigenvalue weighted by Gasteiger charge is -2.33. The summed E-state index contributed by atoms with van der Waals surface area (Å²) in [6, 6.07) is 7.17. The molecule has 1 N–H and O–H groups in total. The van der Waals surface area contributed by atoms with Crippen molar-refractivity contribution in [2.24, 2.45) is 0 Å². The van der Waals surface area contributed by atoms with Crippen molar-refractivity contribution in [3.05, 3.63) is 62.8 Å². The Balaban J connectivity index is 2.48. The molecule has 2 rings (SSSR count). The molecule has 0 radical (unpaired) electrons. The highest BCUT2D eigenvalue weighted by molar-refractivity contribution is 7.92.